The number of nitrogens with zero attached hydrogens (tertiary/aromatic N) is 4. The molecule has 1 saturated heterocycles. The molecule has 1 N–H and O–H groups in total. The van der Waals surface area contributed by atoms with Crippen LogP contribution in [0.15, 0.2) is 47.4 Å². The van der Waals surface area contributed by atoms with Crippen molar-refractivity contribution in [2.24, 2.45) is 5.92 Å². The number of carbonyl (C=O) groups is 1. The second-order valence-electron chi connectivity index (χ2n) is 8.37. The number of carboxylic acids is 1. The van der Waals surface area contributed by atoms with Crippen molar-refractivity contribution in [1.82, 2.24) is 9.38 Å². The van der Waals surface area contributed by atoms with E-state index < -0.39 is 5.97 Å². The van der Waals surface area contributed by atoms with Crippen molar-refractivity contribution in [3.8, 4) is 0 Å². The summed E-state index contributed by atoms with van der Waals surface area (Å²) >= 11 is 0. The van der Waals surface area contributed by atoms with Crippen LogP contribution >= 0.6 is 0 Å². The largest absolute Gasteiger partial charge is 0.481 e. The second-order valence-corrected chi connectivity index (χ2v) is 8.37. The third-order valence-electron chi connectivity index (χ3n) is 6.12. The fourth-order valence-electron chi connectivity index (χ4n) is 4.66. The molecule has 3 aromatic rings. The highest BCUT2D eigenvalue weighted by atomic mass is 16.4. The molecule has 0 bridgehead atoms. The van der Waals surface area contributed by atoms with Gasteiger partial charge in [0.05, 0.1) is 5.69 Å². The Hall–Kier alpha value is -3.35. The molecule has 0 radical (unpaired) electrons. The average molecular weight is 404 g/mol. The highest BCUT2D eigenvalue weighted by Gasteiger charge is 2.27. The van der Waals surface area contributed by atoms with Crippen LogP contribution in [0.4, 0.5) is 11.5 Å². The molecule has 1 atom stereocenters. The number of hydrogen-bond donors (Lipinski definition) is 1. The normalized spacial score (nSPS) is 18.2. The molecule has 30 heavy (non-hydrogen) atoms. The van der Waals surface area contributed by atoms with Gasteiger partial charge in [-0.05, 0) is 42.0 Å². The number of fused-ring (bicyclic) bond motifs is 2. The number of hydrogen-bond acceptors (Lipinski definition) is 5. The Labute approximate surface area is 174 Å². The number of aryl methyl sites for hydroxylation is 1. The van der Waals surface area contributed by atoms with E-state index in [1.54, 1.807) is 10.5 Å². The van der Waals surface area contributed by atoms with Crippen molar-refractivity contribution in [3.63, 3.8) is 0 Å². The average Bonchev–Trinajstić information content (AvgIpc) is 3.34. The first kappa shape index (κ1) is 18.7. The Balaban J connectivity index is 1.54. The maximum atomic E-state index is 13.0. The highest BCUT2D eigenvalue weighted by molar-refractivity contribution is 5.72. The van der Waals surface area contributed by atoms with Crippen LogP contribution in [0.1, 0.15) is 29.5 Å². The van der Waals surface area contributed by atoms with Crippen molar-refractivity contribution in [2.45, 2.75) is 32.9 Å². The van der Waals surface area contributed by atoms with Gasteiger partial charge in [-0.2, -0.15) is 0 Å². The maximum Gasteiger partial charge on any atom is 0.303 e. The minimum atomic E-state index is -0.763. The topological polar surface area (TPSA) is 78.2 Å². The van der Waals surface area contributed by atoms with E-state index in [4.69, 9.17) is 10.1 Å². The minimum absolute atomic E-state index is 0.0998. The fourth-order valence-corrected chi connectivity index (χ4v) is 4.66. The van der Waals surface area contributed by atoms with Crippen LogP contribution in [0.5, 0.6) is 0 Å². The molecule has 7 heteroatoms. The summed E-state index contributed by atoms with van der Waals surface area (Å²) < 4.78 is 1.61. The molecule has 5 rings (SSSR count). The smallest absolute Gasteiger partial charge is 0.303 e. The Morgan fingerprint density at radius 2 is 1.90 bits per heavy atom. The van der Waals surface area contributed by atoms with Crippen LogP contribution in [0.3, 0.4) is 0 Å². The van der Waals surface area contributed by atoms with Gasteiger partial charge in [0.2, 0.25) is 0 Å². The van der Waals surface area contributed by atoms with E-state index in [0.29, 0.717) is 18.0 Å². The molecule has 4 heterocycles. The zero-order chi connectivity index (χ0) is 20.8. The predicted octanol–water partition coefficient (Wildman–Crippen LogP) is 2.82. The first-order valence-electron chi connectivity index (χ1n) is 10.3. The van der Waals surface area contributed by atoms with E-state index in [0.717, 1.165) is 37.3 Å². The molecule has 2 aliphatic rings. The SMILES string of the molecule is Cc1cc(N2CCC(CC(=O)O)C2)c2nc(N3Cc4ccccc4C3)cc(=O)n2c1. The van der Waals surface area contributed by atoms with Gasteiger partial charge in [-0.3, -0.25) is 14.0 Å². The van der Waals surface area contributed by atoms with E-state index >= 15 is 0 Å². The molecule has 7 nitrogen and oxygen atoms in total. The summed E-state index contributed by atoms with van der Waals surface area (Å²) in [5, 5.41) is 9.13. The van der Waals surface area contributed by atoms with Crippen molar-refractivity contribution < 1.29 is 9.90 Å². The van der Waals surface area contributed by atoms with E-state index in [1.807, 2.05) is 31.3 Å². The Bertz CT molecular complexity index is 1180. The van der Waals surface area contributed by atoms with Gasteiger partial charge in [0, 0.05) is 44.9 Å². The molecule has 154 valence electrons. The summed E-state index contributed by atoms with van der Waals surface area (Å²) in [6.45, 7) is 4.88. The zero-order valence-corrected chi connectivity index (χ0v) is 16.9. The number of benzene rings is 1. The number of anilines is 2. The van der Waals surface area contributed by atoms with Gasteiger partial charge in [0.1, 0.15) is 5.82 Å². The van der Waals surface area contributed by atoms with Crippen molar-refractivity contribution >= 4 is 23.1 Å². The highest BCUT2D eigenvalue weighted by Crippen LogP contribution is 2.31. The first-order chi connectivity index (χ1) is 14.5. The lowest BCUT2D eigenvalue weighted by Gasteiger charge is -2.23. The minimum Gasteiger partial charge on any atom is -0.481 e. The second kappa shape index (κ2) is 7.16. The third-order valence-corrected chi connectivity index (χ3v) is 6.12. The Morgan fingerprint density at radius 3 is 2.60 bits per heavy atom. The molecule has 1 unspecified atom stereocenters. The number of aliphatic carboxylic acids is 1. The first-order valence-corrected chi connectivity index (χ1v) is 10.3. The van der Waals surface area contributed by atoms with Crippen molar-refractivity contribution in [2.75, 3.05) is 22.9 Å². The predicted molar refractivity (Wildman–Crippen MR) is 115 cm³/mol. The molecule has 1 fully saturated rings. The van der Waals surface area contributed by atoms with Gasteiger partial charge in [-0.15, -0.1) is 0 Å². The molecule has 0 aliphatic carbocycles. The van der Waals surface area contributed by atoms with E-state index in [-0.39, 0.29) is 17.9 Å². The van der Waals surface area contributed by atoms with Crippen LogP contribution in [0.25, 0.3) is 5.65 Å². The van der Waals surface area contributed by atoms with Gasteiger partial charge < -0.3 is 14.9 Å². The summed E-state index contributed by atoms with van der Waals surface area (Å²) in [6.07, 6.45) is 2.82. The Kier molecular flexibility index (Phi) is 4.46. The summed E-state index contributed by atoms with van der Waals surface area (Å²) in [7, 11) is 0. The van der Waals surface area contributed by atoms with Gasteiger partial charge in [0.15, 0.2) is 5.65 Å². The fraction of sp³-hybridized carbons (Fsp3) is 0.348. The number of aromatic nitrogens is 2. The molecule has 1 aromatic carbocycles. The van der Waals surface area contributed by atoms with Gasteiger partial charge in [0.25, 0.3) is 5.56 Å². The van der Waals surface area contributed by atoms with Crippen LogP contribution in [0.2, 0.25) is 0 Å². The van der Waals surface area contributed by atoms with Gasteiger partial charge in [-0.1, -0.05) is 24.3 Å². The van der Waals surface area contributed by atoms with E-state index in [9.17, 15) is 9.59 Å². The lowest BCUT2D eigenvalue weighted by Crippen LogP contribution is -2.26. The monoisotopic (exact) mass is 404 g/mol. The van der Waals surface area contributed by atoms with E-state index in [2.05, 4.69) is 21.9 Å². The lowest BCUT2D eigenvalue weighted by atomic mass is 10.1. The standard InChI is InChI=1S/C23H24N4O3/c1-15-8-19(25-7-6-16(12-25)9-22(29)30)23-24-20(10-21(28)27(23)11-15)26-13-17-4-2-3-5-18(17)14-26/h2-5,8,10-11,16H,6-7,9,12-14H2,1H3,(H,29,30). The van der Waals surface area contributed by atoms with Gasteiger partial charge in [-0.25, -0.2) is 4.98 Å². The lowest BCUT2D eigenvalue weighted by molar-refractivity contribution is -0.137. The Morgan fingerprint density at radius 1 is 1.17 bits per heavy atom. The number of rotatable bonds is 4. The summed E-state index contributed by atoms with van der Waals surface area (Å²) in [6, 6.07) is 12.0. The van der Waals surface area contributed by atoms with Gasteiger partial charge >= 0.3 is 5.97 Å². The molecule has 0 amide bonds. The molecule has 0 saturated carbocycles. The number of pyridine rings is 1. The number of carboxylic acid groups (broad SMARTS) is 1. The molecule has 0 spiro atoms. The molecule has 2 aromatic heterocycles. The van der Waals surface area contributed by atoms with Crippen molar-refractivity contribution in [3.05, 3.63) is 69.6 Å². The third kappa shape index (κ3) is 3.30. The zero-order valence-electron chi connectivity index (χ0n) is 16.9. The van der Waals surface area contributed by atoms with Crippen LogP contribution in [0, 0.1) is 12.8 Å². The van der Waals surface area contributed by atoms with Crippen LogP contribution in [-0.2, 0) is 17.9 Å². The quantitative estimate of drug-likeness (QED) is 0.721. The molecule has 2 aliphatic heterocycles. The summed E-state index contributed by atoms with van der Waals surface area (Å²) in [5.41, 5.74) is 4.94. The van der Waals surface area contributed by atoms with E-state index in [1.165, 1.54) is 11.1 Å². The van der Waals surface area contributed by atoms with Crippen LogP contribution in [-0.4, -0.2) is 33.6 Å². The molecular formula is C23H24N4O3. The van der Waals surface area contributed by atoms with Crippen molar-refractivity contribution in [1.29, 1.82) is 0 Å². The maximum absolute atomic E-state index is 13.0. The summed E-state index contributed by atoms with van der Waals surface area (Å²) in [5.74, 6) is 0.0369. The molecular weight excluding hydrogens is 380 g/mol. The summed E-state index contributed by atoms with van der Waals surface area (Å²) in [4.78, 5) is 33.3. The van der Waals surface area contributed by atoms with Crippen LogP contribution < -0.4 is 15.4 Å².